The van der Waals surface area contributed by atoms with Crippen LogP contribution in [0.4, 0.5) is 0 Å². The quantitative estimate of drug-likeness (QED) is 0.149. The zero-order valence-corrected chi connectivity index (χ0v) is 31.9. The summed E-state index contributed by atoms with van der Waals surface area (Å²) in [5.74, 6) is 0.683. The Morgan fingerprint density at radius 3 is 1.20 bits per heavy atom. The van der Waals surface area contributed by atoms with Crippen molar-refractivity contribution in [2.45, 2.75) is 126 Å². The molecule has 5 aromatic rings. The maximum atomic E-state index is 2.61. The average molecular weight is 647 g/mol. The lowest BCUT2D eigenvalue weighted by Crippen LogP contribution is -2.10. The van der Waals surface area contributed by atoms with Crippen LogP contribution in [0.25, 0.3) is 0 Å². The molecule has 5 aromatic carbocycles. The molecule has 49 heavy (non-hydrogen) atoms. The largest absolute Gasteiger partial charge is 0.0590 e. The van der Waals surface area contributed by atoms with Gasteiger partial charge in [0.2, 0.25) is 0 Å². The molecule has 0 saturated heterocycles. The van der Waals surface area contributed by atoms with Crippen LogP contribution in [0, 0.1) is 62.3 Å². The summed E-state index contributed by atoms with van der Waals surface area (Å²) in [6.45, 7) is 20.8. The zero-order valence-electron chi connectivity index (χ0n) is 31.9. The molecule has 254 valence electrons. The molecule has 0 heterocycles. The van der Waals surface area contributed by atoms with Crippen molar-refractivity contribution >= 4 is 0 Å². The monoisotopic (exact) mass is 646 g/mol. The van der Waals surface area contributed by atoms with Crippen molar-refractivity contribution in [1.29, 1.82) is 0 Å². The molecule has 0 N–H and O–H groups in total. The third-order valence-electron chi connectivity index (χ3n) is 12.2. The molecular weight excluding hydrogens is 589 g/mol. The number of hydrogen-bond donors (Lipinski definition) is 0. The van der Waals surface area contributed by atoms with Gasteiger partial charge in [-0.3, -0.25) is 0 Å². The number of benzene rings is 5. The zero-order chi connectivity index (χ0) is 34.8. The molecular formula is C49H58. The highest BCUT2D eigenvalue weighted by molar-refractivity contribution is 5.53. The van der Waals surface area contributed by atoms with Crippen molar-refractivity contribution in [3.8, 4) is 0 Å². The highest BCUT2D eigenvalue weighted by Crippen LogP contribution is 2.37. The van der Waals surface area contributed by atoms with Gasteiger partial charge in [0.1, 0.15) is 0 Å². The molecule has 6 rings (SSSR count). The third kappa shape index (κ3) is 7.80. The molecule has 0 unspecified atom stereocenters. The van der Waals surface area contributed by atoms with Gasteiger partial charge in [0.25, 0.3) is 0 Å². The van der Waals surface area contributed by atoms with Crippen LogP contribution in [-0.4, -0.2) is 0 Å². The van der Waals surface area contributed by atoms with E-state index < -0.39 is 0 Å². The summed E-state index contributed by atoms with van der Waals surface area (Å²) in [5, 5.41) is 0. The van der Waals surface area contributed by atoms with Gasteiger partial charge in [0, 0.05) is 0 Å². The van der Waals surface area contributed by atoms with E-state index in [9.17, 15) is 0 Å². The first-order valence-corrected chi connectivity index (χ1v) is 18.9. The second kappa shape index (κ2) is 14.9. The SMILES string of the molecule is Cc1ccc(Cc2c(C)c(C)cc(Cc3cc(C4CCCCC4)cc(Cc4cc(C)c(C)c(Cc5ccc(C)cc5)c4C)c3C)c2C)cc1. The van der Waals surface area contributed by atoms with Crippen molar-refractivity contribution in [2.24, 2.45) is 0 Å². The fourth-order valence-corrected chi connectivity index (χ4v) is 8.42. The summed E-state index contributed by atoms with van der Waals surface area (Å²) < 4.78 is 0. The fraction of sp³-hybridized carbons (Fsp3) is 0.388. The normalized spacial score (nSPS) is 13.7. The summed E-state index contributed by atoms with van der Waals surface area (Å²) in [5.41, 5.74) is 26.2. The molecule has 0 spiro atoms. The second-order valence-corrected chi connectivity index (χ2v) is 15.6. The van der Waals surface area contributed by atoms with Gasteiger partial charge in [0.05, 0.1) is 0 Å². The highest BCUT2D eigenvalue weighted by Gasteiger charge is 2.21. The van der Waals surface area contributed by atoms with Gasteiger partial charge in [0.15, 0.2) is 0 Å². The minimum atomic E-state index is 0.683. The van der Waals surface area contributed by atoms with Crippen molar-refractivity contribution in [3.05, 3.63) is 173 Å². The first kappa shape index (κ1) is 34.9. The van der Waals surface area contributed by atoms with E-state index in [0.717, 1.165) is 25.7 Å². The lowest BCUT2D eigenvalue weighted by atomic mass is 9.79. The maximum absolute atomic E-state index is 2.61. The van der Waals surface area contributed by atoms with Crippen LogP contribution in [-0.2, 0) is 25.7 Å². The van der Waals surface area contributed by atoms with Gasteiger partial charge >= 0.3 is 0 Å². The molecule has 1 aliphatic rings. The number of hydrogen-bond acceptors (Lipinski definition) is 0. The standard InChI is InChI=1S/C49H58/c1-31-15-19-40(20-16-31)25-48-35(5)33(3)23-43(38(48)8)27-45-29-47(42-13-11-10-12-14-42)30-46(37(45)7)28-44-24-34(4)36(6)49(39(44)9)26-41-21-17-32(2)18-22-41/h15-24,29-30,42H,10-14,25-28H2,1-9H3. The van der Waals surface area contributed by atoms with E-state index >= 15 is 0 Å². The molecule has 0 nitrogen and oxygen atoms in total. The van der Waals surface area contributed by atoms with E-state index in [2.05, 4.69) is 135 Å². The summed E-state index contributed by atoms with van der Waals surface area (Å²) >= 11 is 0. The van der Waals surface area contributed by atoms with Crippen LogP contribution in [0.2, 0.25) is 0 Å². The van der Waals surface area contributed by atoms with Gasteiger partial charge in [-0.2, -0.15) is 0 Å². The Balaban J connectivity index is 1.39. The van der Waals surface area contributed by atoms with E-state index in [-0.39, 0.29) is 0 Å². The number of rotatable bonds is 9. The van der Waals surface area contributed by atoms with Crippen LogP contribution in [0.5, 0.6) is 0 Å². The Labute approximate surface area is 298 Å². The van der Waals surface area contributed by atoms with Gasteiger partial charge in [-0.25, -0.2) is 0 Å². The minimum absolute atomic E-state index is 0.683. The van der Waals surface area contributed by atoms with Crippen LogP contribution in [0.15, 0.2) is 72.8 Å². The molecule has 1 fully saturated rings. The van der Waals surface area contributed by atoms with Crippen LogP contribution < -0.4 is 0 Å². The van der Waals surface area contributed by atoms with E-state index in [1.54, 1.807) is 5.56 Å². The predicted octanol–water partition coefficient (Wildman–Crippen LogP) is 12.9. The van der Waals surface area contributed by atoms with Gasteiger partial charge < -0.3 is 0 Å². The van der Waals surface area contributed by atoms with Crippen LogP contribution in [0.3, 0.4) is 0 Å². The van der Waals surface area contributed by atoms with E-state index in [4.69, 9.17) is 0 Å². The predicted molar refractivity (Wildman–Crippen MR) is 212 cm³/mol. The molecule has 0 bridgehead atoms. The minimum Gasteiger partial charge on any atom is -0.0590 e. The first-order valence-electron chi connectivity index (χ1n) is 18.9. The van der Waals surface area contributed by atoms with E-state index in [1.165, 1.54) is 127 Å². The Kier molecular flexibility index (Phi) is 10.6. The average Bonchev–Trinajstić information content (AvgIpc) is 3.10. The fourth-order valence-electron chi connectivity index (χ4n) is 8.42. The van der Waals surface area contributed by atoms with Gasteiger partial charge in [-0.1, -0.05) is 103 Å². The Bertz CT molecular complexity index is 1810. The summed E-state index contributed by atoms with van der Waals surface area (Å²) in [6, 6.07) is 28.4. The molecule has 0 heteroatoms. The van der Waals surface area contributed by atoms with Crippen molar-refractivity contribution < 1.29 is 0 Å². The third-order valence-corrected chi connectivity index (χ3v) is 12.2. The van der Waals surface area contributed by atoms with Crippen molar-refractivity contribution in [1.82, 2.24) is 0 Å². The lowest BCUT2D eigenvalue weighted by Gasteiger charge is -2.26. The molecule has 0 aromatic heterocycles. The lowest BCUT2D eigenvalue weighted by molar-refractivity contribution is 0.443. The van der Waals surface area contributed by atoms with Crippen LogP contribution >= 0.6 is 0 Å². The Hall–Kier alpha value is -3.90. The molecule has 0 atom stereocenters. The summed E-state index contributed by atoms with van der Waals surface area (Å²) in [7, 11) is 0. The molecule has 0 aliphatic heterocycles. The van der Waals surface area contributed by atoms with Crippen molar-refractivity contribution in [2.75, 3.05) is 0 Å². The number of aryl methyl sites for hydroxylation is 4. The van der Waals surface area contributed by atoms with E-state index in [0.29, 0.717) is 5.92 Å². The summed E-state index contributed by atoms with van der Waals surface area (Å²) in [4.78, 5) is 0. The summed E-state index contributed by atoms with van der Waals surface area (Å²) in [6.07, 6.45) is 10.8. The highest BCUT2D eigenvalue weighted by atomic mass is 14.3. The smallest absolute Gasteiger partial charge is 0.00201 e. The first-order chi connectivity index (χ1) is 23.5. The Morgan fingerprint density at radius 1 is 0.408 bits per heavy atom. The van der Waals surface area contributed by atoms with Gasteiger partial charge in [-0.15, -0.1) is 0 Å². The second-order valence-electron chi connectivity index (χ2n) is 15.6. The van der Waals surface area contributed by atoms with E-state index in [1.807, 2.05) is 0 Å². The molecule has 0 amide bonds. The molecule has 1 aliphatic carbocycles. The molecule has 0 radical (unpaired) electrons. The Morgan fingerprint density at radius 2 is 0.796 bits per heavy atom. The van der Waals surface area contributed by atoms with Crippen LogP contribution in [0.1, 0.15) is 138 Å². The van der Waals surface area contributed by atoms with Gasteiger partial charge in [-0.05, 0) is 196 Å². The maximum Gasteiger partial charge on any atom is -0.00201 e. The molecule has 1 saturated carbocycles. The topological polar surface area (TPSA) is 0 Å². The van der Waals surface area contributed by atoms with Crippen molar-refractivity contribution in [3.63, 3.8) is 0 Å².